The first-order valence-corrected chi connectivity index (χ1v) is 10.0. The van der Waals surface area contributed by atoms with Crippen LogP contribution in [0.2, 0.25) is 0 Å². The van der Waals surface area contributed by atoms with E-state index in [1.807, 2.05) is 0 Å². The van der Waals surface area contributed by atoms with Crippen molar-refractivity contribution in [1.82, 2.24) is 0 Å². The van der Waals surface area contributed by atoms with Gasteiger partial charge < -0.3 is 10.00 Å². The van der Waals surface area contributed by atoms with Gasteiger partial charge in [-0.05, 0) is 37.7 Å². The molecular weight excluding hydrogens is 287 g/mol. The van der Waals surface area contributed by atoms with Crippen LogP contribution < -0.4 is 0 Å². The first-order chi connectivity index (χ1) is 9.90. The largest absolute Gasteiger partial charge is 0.477 e. The summed E-state index contributed by atoms with van der Waals surface area (Å²) in [4.78, 5) is 21.8. The zero-order valence-corrected chi connectivity index (χ0v) is 14.2. The lowest BCUT2D eigenvalue weighted by molar-refractivity contribution is -0.132. The van der Waals surface area contributed by atoms with Gasteiger partial charge in [-0.25, -0.2) is 4.79 Å². The van der Waals surface area contributed by atoms with Crippen LogP contribution in [-0.2, 0) is 9.36 Å². The highest BCUT2D eigenvalue weighted by Gasteiger charge is 2.33. The first kappa shape index (κ1) is 18.4. The van der Waals surface area contributed by atoms with Crippen LogP contribution in [0.4, 0.5) is 0 Å². The third-order valence-electron chi connectivity index (χ3n) is 4.46. The average Bonchev–Trinajstić information content (AvgIpc) is 2.44. The average molecular weight is 316 g/mol. The molecule has 0 heterocycles. The number of hydrogen-bond donors (Lipinski definition) is 2. The molecule has 0 bridgehead atoms. The number of carbonyl (C=O) groups is 1. The number of aliphatic carboxylic acids is 1. The van der Waals surface area contributed by atoms with Crippen LogP contribution in [-0.4, -0.2) is 22.1 Å². The fourth-order valence-corrected chi connectivity index (χ4v) is 5.10. The highest BCUT2D eigenvalue weighted by Crippen LogP contribution is 2.53. The molecule has 1 aliphatic carbocycles. The van der Waals surface area contributed by atoms with E-state index in [0.717, 1.165) is 44.9 Å². The van der Waals surface area contributed by atoms with E-state index in [2.05, 4.69) is 6.92 Å². The second kappa shape index (κ2) is 8.75. The zero-order chi connectivity index (χ0) is 15.9. The van der Waals surface area contributed by atoms with Crippen molar-refractivity contribution in [2.24, 2.45) is 5.92 Å². The van der Waals surface area contributed by atoms with Crippen molar-refractivity contribution in [2.75, 3.05) is 6.16 Å². The van der Waals surface area contributed by atoms with Crippen LogP contribution in [0.15, 0.2) is 10.9 Å². The second-order valence-electron chi connectivity index (χ2n) is 6.16. The lowest BCUT2D eigenvalue weighted by Crippen LogP contribution is -2.14. The van der Waals surface area contributed by atoms with Crippen LogP contribution in [0.1, 0.15) is 71.6 Å². The number of rotatable bonds is 8. The van der Waals surface area contributed by atoms with E-state index in [4.69, 9.17) is 0 Å². The summed E-state index contributed by atoms with van der Waals surface area (Å²) < 4.78 is 12.5. The normalized spacial score (nSPS) is 20.7. The van der Waals surface area contributed by atoms with Crippen molar-refractivity contribution in [3.8, 4) is 0 Å². The molecule has 1 fully saturated rings. The van der Waals surface area contributed by atoms with Crippen LogP contribution in [0.3, 0.4) is 0 Å². The summed E-state index contributed by atoms with van der Waals surface area (Å²) in [5.74, 6) is -1.04. The molecule has 2 N–H and O–H groups in total. The van der Waals surface area contributed by atoms with Crippen molar-refractivity contribution in [3.63, 3.8) is 0 Å². The molecule has 4 nitrogen and oxygen atoms in total. The maximum absolute atomic E-state index is 12.5. The Morgan fingerprint density at radius 3 is 2.29 bits per heavy atom. The third kappa shape index (κ3) is 5.60. The molecule has 21 heavy (non-hydrogen) atoms. The van der Waals surface area contributed by atoms with Crippen molar-refractivity contribution in [1.29, 1.82) is 0 Å². The highest BCUT2D eigenvalue weighted by molar-refractivity contribution is 7.63. The number of allylic oxidation sites excluding steroid dienone is 1. The topological polar surface area (TPSA) is 74.6 Å². The van der Waals surface area contributed by atoms with Crippen molar-refractivity contribution >= 4 is 13.3 Å². The molecule has 0 aromatic heterocycles. The van der Waals surface area contributed by atoms with Gasteiger partial charge in [-0.2, -0.15) is 0 Å². The minimum Gasteiger partial charge on any atom is -0.477 e. The predicted molar refractivity (Wildman–Crippen MR) is 85.7 cm³/mol. The molecule has 1 atom stereocenters. The molecule has 0 aromatic rings. The lowest BCUT2D eigenvalue weighted by Gasteiger charge is -2.25. The molecule has 0 radical (unpaired) electrons. The van der Waals surface area contributed by atoms with Crippen LogP contribution in [0.5, 0.6) is 0 Å². The van der Waals surface area contributed by atoms with Gasteiger partial charge in [0.2, 0.25) is 7.37 Å². The van der Waals surface area contributed by atoms with E-state index >= 15 is 0 Å². The minimum absolute atomic E-state index is 0.0959. The molecule has 1 saturated carbocycles. The summed E-state index contributed by atoms with van der Waals surface area (Å²) in [6.45, 7) is 3.82. The number of carboxylic acids is 1. The van der Waals surface area contributed by atoms with Crippen molar-refractivity contribution in [3.05, 3.63) is 10.9 Å². The quantitative estimate of drug-likeness (QED) is 0.384. The second-order valence-corrected chi connectivity index (χ2v) is 8.46. The maximum Gasteiger partial charge on any atom is 0.341 e. The predicted octanol–water partition coefficient (Wildman–Crippen LogP) is 4.78. The summed E-state index contributed by atoms with van der Waals surface area (Å²) in [7, 11) is -3.74. The zero-order valence-electron chi connectivity index (χ0n) is 13.3. The van der Waals surface area contributed by atoms with Gasteiger partial charge in [-0.1, -0.05) is 45.4 Å². The summed E-state index contributed by atoms with van der Waals surface area (Å²) in [5.41, 5.74) is 0.642. The van der Waals surface area contributed by atoms with E-state index in [9.17, 15) is 19.4 Å². The molecule has 0 spiro atoms. The van der Waals surface area contributed by atoms with Crippen LogP contribution in [0, 0.1) is 5.92 Å². The fourth-order valence-electron chi connectivity index (χ4n) is 3.19. The summed E-state index contributed by atoms with van der Waals surface area (Å²) in [6.07, 6.45) is 8.91. The SMILES string of the molecule is CCCCCCP(=O)(O)C(C(=O)O)=C(C)C1CCCCC1. The van der Waals surface area contributed by atoms with Gasteiger partial charge in [0.15, 0.2) is 0 Å². The fraction of sp³-hybridized carbons (Fsp3) is 0.812. The number of hydrogen-bond acceptors (Lipinski definition) is 2. The minimum atomic E-state index is -3.74. The van der Waals surface area contributed by atoms with Crippen LogP contribution >= 0.6 is 7.37 Å². The molecule has 0 aromatic carbocycles. The molecule has 5 heteroatoms. The van der Waals surface area contributed by atoms with Crippen molar-refractivity contribution < 1.29 is 19.4 Å². The number of carboxylic acid groups (broad SMARTS) is 1. The van der Waals surface area contributed by atoms with Gasteiger partial charge in [-0.3, -0.25) is 4.57 Å². The van der Waals surface area contributed by atoms with Gasteiger partial charge in [0.05, 0.1) is 0 Å². The van der Waals surface area contributed by atoms with E-state index in [1.54, 1.807) is 6.92 Å². The highest BCUT2D eigenvalue weighted by atomic mass is 31.2. The van der Waals surface area contributed by atoms with Crippen LogP contribution in [0.25, 0.3) is 0 Å². The Morgan fingerprint density at radius 2 is 1.76 bits per heavy atom. The lowest BCUT2D eigenvalue weighted by atomic mass is 9.84. The molecule has 1 rings (SSSR count). The maximum atomic E-state index is 12.5. The summed E-state index contributed by atoms with van der Waals surface area (Å²) >= 11 is 0. The molecule has 1 unspecified atom stereocenters. The van der Waals surface area contributed by atoms with Gasteiger partial charge >= 0.3 is 5.97 Å². The Bertz CT molecular complexity index is 422. The molecule has 0 saturated heterocycles. The molecule has 1 aliphatic rings. The van der Waals surface area contributed by atoms with E-state index in [-0.39, 0.29) is 17.4 Å². The Labute approximate surface area is 128 Å². The van der Waals surface area contributed by atoms with E-state index in [0.29, 0.717) is 12.0 Å². The molecule has 122 valence electrons. The van der Waals surface area contributed by atoms with Gasteiger partial charge in [0.1, 0.15) is 5.31 Å². The van der Waals surface area contributed by atoms with E-state index in [1.165, 1.54) is 6.42 Å². The van der Waals surface area contributed by atoms with Gasteiger partial charge in [0.25, 0.3) is 0 Å². The first-order valence-electron chi connectivity index (χ1n) is 8.16. The smallest absolute Gasteiger partial charge is 0.341 e. The monoisotopic (exact) mass is 316 g/mol. The summed E-state index contributed by atoms with van der Waals surface area (Å²) in [5, 5.41) is 9.23. The van der Waals surface area contributed by atoms with Crippen molar-refractivity contribution in [2.45, 2.75) is 71.6 Å². The molecule has 0 aliphatic heterocycles. The Balaban J connectivity index is 2.87. The van der Waals surface area contributed by atoms with Gasteiger partial charge in [-0.15, -0.1) is 0 Å². The Hall–Kier alpha value is -0.600. The van der Waals surface area contributed by atoms with Gasteiger partial charge in [0, 0.05) is 6.16 Å². The third-order valence-corrected chi connectivity index (χ3v) is 6.62. The Morgan fingerprint density at radius 1 is 1.14 bits per heavy atom. The van der Waals surface area contributed by atoms with E-state index < -0.39 is 13.3 Å². The number of unbranched alkanes of at least 4 members (excludes halogenated alkanes) is 3. The molecular formula is C16H29O4P. The Kier molecular flexibility index (Phi) is 7.69. The standard InChI is InChI=1S/C16H29O4P/c1-3-4-5-9-12-21(19,20)15(16(17)18)13(2)14-10-7-6-8-11-14/h14H,3-12H2,1-2H3,(H,17,18)(H,19,20). The summed E-state index contributed by atoms with van der Waals surface area (Å²) in [6, 6.07) is 0. The molecule has 0 amide bonds.